The smallest absolute Gasteiger partial charge is 0.247 e. The molecule has 0 saturated carbocycles. The van der Waals surface area contributed by atoms with E-state index < -0.39 is 10.0 Å². The summed E-state index contributed by atoms with van der Waals surface area (Å²) in [6, 6.07) is 12.6. The Balaban J connectivity index is 1.97. The quantitative estimate of drug-likeness (QED) is 0.879. The third kappa shape index (κ3) is 4.13. The maximum atomic E-state index is 12.1. The first kappa shape index (κ1) is 15.7. The van der Waals surface area contributed by atoms with Crippen molar-refractivity contribution in [2.75, 3.05) is 0 Å². The zero-order chi connectivity index (χ0) is 15.5. The summed E-state index contributed by atoms with van der Waals surface area (Å²) in [5.74, 6) is -0.365. The number of rotatable bonds is 5. The van der Waals surface area contributed by atoms with E-state index in [1.807, 2.05) is 37.3 Å². The van der Waals surface area contributed by atoms with E-state index in [0.29, 0.717) is 0 Å². The van der Waals surface area contributed by atoms with Crippen LogP contribution in [0.3, 0.4) is 0 Å². The summed E-state index contributed by atoms with van der Waals surface area (Å²) in [4.78, 5) is 12.8. The Morgan fingerprint density at radius 3 is 2.48 bits per heavy atom. The normalized spacial score (nSPS) is 12.9. The van der Waals surface area contributed by atoms with Gasteiger partial charge in [0.2, 0.25) is 15.9 Å². The number of thiophene rings is 1. The van der Waals surface area contributed by atoms with Crippen molar-refractivity contribution in [3.05, 3.63) is 52.9 Å². The number of hydrogen-bond acceptors (Lipinski definition) is 4. The van der Waals surface area contributed by atoms with Crippen molar-refractivity contribution in [3.8, 4) is 0 Å². The van der Waals surface area contributed by atoms with Crippen LogP contribution in [0.15, 0.2) is 46.7 Å². The Bertz CT molecular complexity index is 724. The van der Waals surface area contributed by atoms with E-state index >= 15 is 0 Å². The van der Waals surface area contributed by atoms with Gasteiger partial charge in [-0.05, 0) is 24.6 Å². The van der Waals surface area contributed by atoms with Crippen LogP contribution in [0.5, 0.6) is 0 Å². The summed E-state index contributed by atoms with van der Waals surface area (Å²) in [6.45, 7) is 2.12. The molecule has 5 nitrogen and oxygen atoms in total. The molecule has 0 radical (unpaired) electrons. The zero-order valence-electron chi connectivity index (χ0n) is 11.4. The van der Waals surface area contributed by atoms with Gasteiger partial charge in [0, 0.05) is 4.88 Å². The van der Waals surface area contributed by atoms with Crippen molar-refractivity contribution in [1.29, 1.82) is 0 Å². The molecule has 2 aromatic rings. The van der Waals surface area contributed by atoms with Crippen LogP contribution in [0.25, 0.3) is 0 Å². The number of amides is 1. The van der Waals surface area contributed by atoms with Gasteiger partial charge < -0.3 is 5.32 Å². The van der Waals surface area contributed by atoms with E-state index in [0.717, 1.165) is 21.8 Å². The molecule has 0 aliphatic heterocycles. The van der Waals surface area contributed by atoms with Gasteiger partial charge in [0.15, 0.2) is 0 Å². The highest BCUT2D eigenvalue weighted by atomic mass is 32.2. The lowest BCUT2D eigenvalue weighted by molar-refractivity contribution is -0.122. The first-order valence-electron chi connectivity index (χ1n) is 6.32. The van der Waals surface area contributed by atoms with E-state index in [9.17, 15) is 13.2 Å². The molecular formula is C14H16N2O3S2. The van der Waals surface area contributed by atoms with E-state index in [2.05, 4.69) is 5.32 Å². The largest absolute Gasteiger partial charge is 0.351 e. The molecule has 112 valence electrons. The van der Waals surface area contributed by atoms with Crippen molar-refractivity contribution in [2.45, 2.75) is 23.6 Å². The summed E-state index contributed by atoms with van der Waals surface area (Å²) in [5, 5.41) is 7.84. The van der Waals surface area contributed by atoms with Gasteiger partial charge in [-0.1, -0.05) is 30.3 Å². The van der Waals surface area contributed by atoms with Crippen LogP contribution in [-0.4, -0.2) is 14.3 Å². The molecule has 3 N–H and O–H groups in total. The second-order valence-corrected chi connectivity index (χ2v) is 7.57. The minimum atomic E-state index is -3.67. The fourth-order valence-corrected chi connectivity index (χ4v) is 3.54. The maximum absolute atomic E-state index is 12.1. The monoisotopic (exact) mass is 324 g/mol. The lowest BCUT2D eigenvalue weighted by atomic mass is 10.0. The Hall–Kier alpha value is -1.70. The lowest BCUT2D eigenvalue weighted by Crippen LogP contribution is -2.27. The highest BCUT2D eigenvalue weighted by Crippen LogP contribution is 2.20. The molecule has 1 aromatic carbocycles. The molecule has 21 heavy (non-hydrogen) atoms. The number of nitrogens with one attached hydrogen (secondary N) is 1. The molecule has 0 fully saturated rings. The topological polar surface area (TPSA) is 89.3 Å². The van der Waals surface area contributed by atoms with Crippen molar-refractivity contribution >= 4 is 27.3 Å². The second kappa shape index (κ2) is 6.38. The Morgan fingerprint density at radius 1 is 1.24 bits per heavy atom. The summed E-state index contributed by atoms with van der Waals surface area (Å²) in [7, 11) is -3.67. The van der Waals surface area contributed by atoms with Crippen LogP contribution >= 0.6 is 11.3 Å². The third-order valence-electron chi connectivity index (χ3n) is 3.05. The molecule has 1 heterocycles. The summed E-state index contributed by atoms with van der Waals surface area (Å²) in [6.07, 6.45) is 0. The van der Waals surface area contributed by atoms with Crippen LogP contribution in [0, 0.1) is 0 Å². The number of benzene rings is 1. The fraction of sp³-hybridized carbons (Fsp3) is 0.214. The van der Waals surface area contributed by atoms with Gasteiger partial charge in [-0.2, -0.15) is 0 Å². The molecular weight excluding hydrogens is 308 g/mol. The Labute approximate surface area is 127 Å². The molecule has 0 saturated heterocycles. The number of carbonyl (C=O) groups is 1. The van der Waals surface area contributed by atoms with Crippen LogP contribution in [-0.2, 0) is 21.4 Å². The van der Waals surface area contributed by atoms with Crippen molar-refractivity contribution < 1.29 is 13.2 Å². The molecule has 1 unspecified atom stereocenters. The first-order valence-corrected chi connectivity index (χ1v) is 8.68. The fourth-order valence-electron chi connectivity index (χ4n) is 1.83. The van der Waals surface area contributed by atoms with Gasteiger partial charge in [0.1, 0.15) is 4.21 Å². The van der Waals surface area contributed by atoms with Gasteiger partial charge in [-0.15, -0.1) is 11.3 Å². The SMILES string of the molecule is CC(C(=O)NCc1ccc(S(N)(=O)=O)s1)c1ccccc1. The first-order chi connectivity index (χ1) is 9.88. The number of carbonyl (C=O) groups excluding carboxylic acids is 1. The molecule has 1 atom stereocenters. The highest BCUT2D eigenvalue weighted by Gasteiger charge is 2.16. The minimum absolute atomic E-state index is 0.0999. The van der Waals surface area contributed by atoms with E-state index in [1.165, 1.54) is 6.07 Å². The standard InChI is InChI=1S/C14H16N2O3S2/c1-10(11-5-3-2-4-6-11)14(17)16-9-12-7-8-13(20-12)21(15,18)19/h2-8,10H,9H2,1H3,(H,16,17)(H2,15,18,19). The third-order valence-corrected chi connectivity index (χ3v) is 5.57. The van der Waals surface area contributed by atoms with Gasteiger partial charge >= 0.3 is 0 Å². The molecule has 7 heteroatoms. The van der Waals surface area contributed by atoms with Crippen LogP contribution in [0.4, 0.5) is 0 Å². The average molecular weight is 324 g/mol. The summed E-state index contributed by atoms with van der Waals surface area (Å²) in [5.41, 5.74) is 0.936. The lowest BCUT2D eigenvalue weighted by Gasteiger charge is -2.11. The van der Waals surface area contributed by atoms with Crippen LogP contribution in [0.2, 0.25) is 0 Å². The van der Waals surface area contributed by atoms with E-state index in [4.69, 9.17) is 5.14 Å². The molecule has 0 bridgehead atoms. The minimum Gasteiger partial charge on any atom is -0.351 e. The molecule has 2 rings (SSSR count). The van der Waals surface area contributed by atoms with Gasteiger partial charge in [0.25, 0.3) is 0 Å². The predicted molar refractivity (Wildman–Crippen MR) is 82.4 cm³/mol. The van der Waals surface area contributed by atoms with E-state index in [1.54, 1.807) is 6.07 Å². The average Bonchev–Trinajstić information content (AvgIpc) is 2.94. The number of hydrogen-bond donors (Lipinski definition) is 2. The highest BCUT2D eigenvalue weighted by molar-refractivity contribution is 7.91. The van der Waals surface area contributed by atoms with Crippen molar-refractivity contribution in [1.82, 2.24) is 5.32 Å². The number of nitrogens with two attached hydrogens (primary N) is 1. The Kier molecular flexibility index (Phi) is 4.76. The van der Waals surface area contributed by atoms with Gasteiger partial charge in [0.05, 0.1) is 12.5 Å². The maximum Gasteiger partial charge on any atom is 0.247 e. The van der Waals surface area contributed by atoms with Crippen molar-refractivity contribution in [2.24, 2.45) is 5.14 Å². The molecule has 0 aliphatic rings. The second-order valence-electron chi connectivity index (χ2n) is 4.62. The Morgan fingerprint density at radius 2 is 1.90 bits per heavy atom. The van der Waals surface area contributed by atoms with Crippen LogP contribution < -0.4 is 10.5 Å². The van der Waals surface area contributed by atoms with Crippen LogP contribution in [0.1, 0.15) is 23.3 Å². The molecule has 1 amide bonds. The molecule has 1 aromatic heterocycles. The predicted octanol–water partition coefficient (Wildman–Crippen LogP) is 1.82. The van der Waals surface area contributed by atoms with Gasteiger partial charge in [-0.25, -0.2) is 13.6 Å². The zero-order valence-corrected chi connectivity index (χ0v) is 13.1. The van der Waals surface area contributed by atoms with Crippen molar-refractivity contribution in [3.63, 3.8) is 0 Å². The number of sulfonamides is 1. The van der Waals surface area contributed by atoms with Gasteiger partial charge in [-0.3, -0.25) is 4.79 Å². The summed E-state index contributed by atoms with van der Waals surface area (Å²) < 4.78 is 22.5. The molecule has 0 spiro atoms. The van der Waals surface area contributed by atoms with E-state index in [-0.39, 0.29) is 22.6 Å². The summed E-state index contributed by atoms with van der Waals surface area (Å²) >= 11 is 1.06. The number of primary sulfonamides is 1. The molecule has 0 aliphatic carbocycles.